The molecule has 3 atom stereocenters. The molecule has 1 amide bonds. The van der Waals surface area contributed by atoms with Gasteiger partial charge in [-0.15, -0.1) is 0 Å². The molecule has 0 saturated carbocycles. The van der Waals surface area contributed by atoms with E-state index in [9.17, 15) is 19.0 Å². The van der Waals surface area contributed by atoms with E-state index in [2.05, 4.69) is 74.7 Å². The van der Waals surface area contributed by atoms with Gasteiger partial charge in [-0.05, 0) is 96.0 Å². The Hall–Kier alpha value is -2.29. The van der Waals surface area contributed by atoms with Crippen molar-refractivity contribution in [2.75, 3.05) is 40.9 Å². The van der Waals surface area contributed by atoms with Gasteiger partial charge in [0, 0.05) is 12.8 Å². The van der Waals surface area contributed by atoms with Crippen LogP contribution in [0.1, 0.15) is 329 Å². The van der Waals surface area contributed by atoms with Crippen LogP contribution < -0.4 is 5.32 Å². The SMILES string of the molecule is CCCCC/C=C\C/C=C\CCCCCCCCCCCCCCCCCC(=O)NC(COP(=O)(O)OCC[N+](C)(C)C)C(/C=C\CCCCCCCCCCC)OC(=O)CCCCCCCCCCC/C=C\C/C=C\CCCCC. The maximum absolute atomic E-state index is 13.6. The zero-order valence-corrected chi connectivity index (χ0v) is 55.2. The maximum Gasteiger partial charge on any atom is 0.472 e. The molecule has 0 saturated heterocycles. The number of unbranched alkanes of at least 4 members (excludes halogenated alkanes) is 39. The molecule has 0 spiro atoms. The molecular weight excluding hydrogens is 1020 g/mol. The topological polar surface area (TPSA) is 111 Å². The summed E-state index contributed by atoms with van der Waals surface area (Å²) in [5, 5.41) is 3.07. The van der Waals surface area contributed by atoms with Crippen LogP contribution >= 0.6 is 7.82 Å². The van der Waals surface area contributed by atoms with Gasteiger partial charge in [0.25, 0.3) is 0 Å². The summed E-state index contributed by atoms with van der Waals surface area (Å²) in [4.78, 5) is 37.8. The lowest BCUT2D eigenvalue weighted by molar-refractivity contribution is -0.870. The Morgan fingerprint density at radius 1 is 0.432 bits per heavy atom. The van der Waals surface area contributed by atoms with Crippen LogP contribution in [-0.2, 0) is 27.9 Å². The standard InChI is InChI=1S/C71H133N2O7P/c1-7-10-13-16-19-22-25-27-29-31-33-34-35-36-37-38-40-41-43-45-48-51-54-57-60-63-70(74)72-68(67-79-81(76,77)78-66-65-73(4,5)6)69(62-59-56-53-50-47-24-21-18-15-12-9-3)80-71(75)64-61-58-55-52-49-46-44-42-39-32-30-28-26-23-20-17-14-11-8-2/h19-20,22-23,27-30,59,62,68-69H,7-18,21,24-26,31-58,60-61,63-67H2,1-6H3,(H-,72,74,76,77)/p+1/b22-19-,23-20-,29-27-,30-28-,62-59-. The van der Waals surface area contributed by atoms with E-state index in [1.807, 2.05) is 33.3 Å². The first-order chi connectivity index (χ1) is 39.4. The Kier molecular flexibility index (Phi) is 59.1. The fourth-order valence-electron chi connectivity index (χ4n) is 10.1. The molecule has 81 heavy (non-hydrogen) atoms. The fourth-order valence-corrected chi connectivity index (χ4v) is 10.8. The number of phosphoric ester groups is 1. The number of carbonyl (C=O) groups is 2. The number of hydrogen-bond donors (Lipinski definition) is 2. The summed E-state index contributed by atoms with van der Waals surface area (Å²) in [6.07, 6.45) is 78.0. The molecule has 2 N–H and O–H groups in total. The van der Waals surface area contributed by atoms with Crippen molar-refractivity contribution in [2.45, 2.75) is 341 Å². The molecule has 0 heterocycles. The second kappa shape index (κ2) is 60.8. The maximum atomic E-state index is 13.6. The van der Waals surface area contributed by atoms with Gasteiger partial charge in [0.1, 0.15) is 19.3 Å². The molecular formula is C71H134N2O7P+. The van der Waals surface area contributed by atoms with Crippen LogP contribution in [0, 0.1) is 0 Å². The van der Waals surface area contributed by atoms with Crippen molar-refractivity contribution in [2.24, 2.45) is 0 Å². The Bertz CT molecular complexity index is 1570. The van der Waals surface area contributed by atoms with E-state index in [0.717, 1.165) is 70.6 Å². The number of rotatable bonds is 63. The van der Waals surface area contributed by atoms with E-state index in [1.165, 1.54) is 225 Å². The number of hydrogen-bond acceptors (Lipinski definition) is 6. The summed E-state index contributed by atoms with van der Waals surface area (Å²) >= 11 is 0. The third kappa shape index (κ3) is 62.1. The second-order valence-corrected chi connectivity index (χ2v) is 26.1. The van der Waals surface area contributed by atoms with E-state index in [-0.39, 0.29) is 31.5 Å². The lowest BCUT2D eigenvalue weighted by Gasteiger charge is -2.27. The van der Waals surface area contributed by atoms with Crippen LogP contribution in [0.5, 0.6) is 0 Å². The molecule has 0 aromatic rings. The zero-order valence-electron chi connectivity index (χ0n) is 54.3. The highest BCUT2D eigenvalue weighted by Crippen LogP contribution is 2.43. The van der Waals surface area contributed by atoms with Crippen molar-refractivity contribution in [3.63, 3.8) is 0 Å². The number of quaternary nitrogens is 1. The Balaban J connectivity index is 5.03. The van der Waals surface area contributed by atoms with Crippen LogP contribution in [0.2, 0.25) is 0 Å². The fraction of sp³-hybridized carbons (Fsp3) is 0.831. The number of esters is 1. The van der Waals surface area contributed by atoms with Crippen molar-refractivity contribution in [3.8, 4) is 0 Å². The van der Waals surface area contributed by atoms with Crippen LogP contribution in [0.4, 0.5) is 0 Å². The van der Waals surface area contributed by atoms with Crippen LogP contribution in [0.3, 0.4) is 0 Å². The largest absolute Gasteiger partial charge is 0.472 e. The third-order valence-corrected chi connectivity index (χ3v) is 16.4. The van der Waals surface area contributed by atoms with Crippen molar-refractivity contribution >= 4 is 19.7 Å². The van der Waals surface area contributed by atoms with Crippen molar-refractivity contribution in [1.82, 2.24) is 5.32 Å². The zero-order chi connectivity index (χ0) is 59.3. The highest BCUT2D eigenvalue weighted by molar-refractivity contribution is 7.47. The van der Waals surface area contributed by atoms with Gasteiger partial charge in [-0.2, -0.15) is 0 Å². The van der Waals surface area contributed by atoms with Crippen molar-refractivity contribution in [1.29, 1.82) is 0 Å². The number of ether oxygens (including phenoxy) is 1. The van der Waals surface area contributed by atoms with Gasteiger partial charge in [0.15, 0.2) is 0 Å². The Morgan fingerprint density at radius 3 is 1.14 bits per heavy atom. The highest BCUT2D eigenvalue weighted by atomic mass is 31.2. The predicted molar refractivity (Wildman–Crippen MR) is 351 cm³/mol. The average molecular weight is 1160 g/mol. The van der Waals surface area contributed by atoms with Gasteiger partial charge < -0.3 is 19.4 Å². The first-order valence-electron chi connectivity index (χ1n) is 34.6. The van der Waals surface area contributed by atoms with E-state index in [4.69, 9.17) is 13.8 Å². The molecule has 0 aromatic heterocycles. The van der Waals surface area contributed by atoms with Crippen LogP contribution in [0.25, 0.3) is 0 Å². The Morgan fingerprint density at radius 2 is 0.753 bits per heavy atom. The van der Waals surface area contributed by atoms with E-state index in [1.54, 1.807) is 0 Å². The van der Waals surface area contributed by atoms with Crippen LogP contribution in [-0.4, -0.2) is 74.3 Å². The van der Waals surface area contributed by atoms with E-state index in [0.29, 0.717) is 17.4 Å². The summed E-state index contributed by atoms with van der Waals surface area (Å²) in [6, 6.07) is -0.850. The number of likely N-dealkylation sites (N-methyl/N-ethyl adjacent to an activating group) is 1. The van der Waals surface area contributed by atoms with E-state index < -0.39 is 20.0 Å². The Labute approximate surface area is 502 Å². The third-order valence-electron chi connectivity index (χ3n) is 15.4. The van der Waals surface area contributed by atoms with Gasteiger partial charge in [0.05, 0.1) is 33.8 Å². The van der Waals surface area contributed by atoms with Crippen molar-refractivity contribution in [3.05, 3.63) is 60.8 Å². The van der Waals surface area contributed by atoms with E-state index >= 15 is 0 Å². The smallest absolute Gasteiger partial charge is 0.456 e. The monoisotopic (exact) mass is 1160 g/mol. The second-order valence-electron chi connectivity index (χ2n) is 24.7. The van der Waals surface area contributed by atoms with Gasteiger partial charge in [-0.25, -0.2) is 4.57 Å². The van der Waals surface area contributed by atoms with Crippen LogP contribution in [0.15, 0.2) is 60.8 Å². The molecule has 0 aromatic carbocycles. The number of allylic oxidation sites excluding steroid dienone is 9. The number of nitrogens with one attached hydrogen (secondary N) is 1. The number of phosphoric acid groups is 1. The summed E-state index contributed by atoms with van der Waals surface area (Å²) in [6.45, 7) is 6.99. The number of carbonyl (C=O) groups excluding carboxylic acids is 2. The minimum atomic E-state index is -4.45. The van der Waals surface area contributed by atoms with Gasteiger partial charge in [-0.1, -0.05) is 281 Å². The van der Waals surface area contributed by atoms with Gasteiger partial charge in [0.2, 0.25) is 5.91 Å². The van der Waals surface area contributed by atoms with Gasteiger partial charge >= 0.3 is 13.8 Å². The molecule has 3 unspecified atom stereocenters. The molecule has 0 aliphatic rings. The lowest BCUT2D eigenvalue weighted by atomic mass is 10.0. The molecule has 9 nitrogen and oxygen atoms in total. The number of nitrogens with zero attached hydrogens (tertiary/aromatic N) is 1. The molecule has 0 fully saturated rings. The lowest BCUT2D eigenvalue weighted by Crippen LogP contribution is -2.47. The molecule has 10 heteroatoms. The molecule has 0 bridgehead atoms. The molecule has 0 radical (unpaired) electrons. The minimum absolute atomic E-state index is 0.0396. The molecule has 0 aliphatic heterocycles. The highest BCUT2D eigenvalue weighted by Gasteiger charge is 2.30. The summed E-state index contributed by atoms with van der Waals surface area (Å²) in [5.41, 5.74) is 0. The average Bonchev–Trinajstić information content (AvgIpc) is 3.44. The molecule has 474 valence electrons. The van der Waals surface area contributed by atoms with Gasteiger partial charge in [-0.3, -0.25) is 18.6 Å². The van der Waals surface area contributed by atoms with Crippen molar-refractivity contribution < 1.29 is 37.3 Å². The summed E-state index contributed by atoms with van der Waals surface area (Å²) in [5.74, 6) is -0.500. The molecule has 0 rings (SSSR count). The first-order valence-corrected chi connectivity index (χ1v) is 36.1. The quantitative estimate of drug-likeness (QED) is 0.0205. The minimum Gasteiger partial charge on any atom is -0.456 e. The summed E-state index contributed by atoms with van der Waals surface area (Å²) in [7, 11) is 1.50. The number of amides is 1. The first kappa shape index (κ1) is 78.7. The summed E-state index contributed by atoms with van der Waals surface area (Å²) < 4.78 is 30.8. The molecule has 0 aliphatic carbocycles. The predicted octanol–water partition coefficient (Wildman–Crippen LogP) is 21.8. The normalized spacial score (nSPS) is 13.9.